The first-order chi connectivity index (χ1) is 17.2. The molecule has 0 aromatic heterocycles. The van der Waals surface area contributed by atoms with Gasteiger partial charge in [-0.05, 0) is 32.1 Å². The van der Waals surface area contributed by atoms with Crippen LogP contribution in [0.3, 0.4) is 0 Å². The molecule has 0 spiro atoms. The van der Waals surface area contributed by atoms with Crippen LogP contribution in [0.15, 0.2) is 0 Å². The minimum atomic E-state index is -4.94. The molecule has 0 aromatic rings. The molecule has 0 saturated heterocycles. The number of hydrogen-bond donors (Lipinski definition) is 2. The van der Waals surface area contributed by atoms with Gasteiger partial charge in [-0.1, -0.05) is 90.4 Å². The molecule has 0 heterocycles. The number of alkyl halides is 3. The van der Waals surface area contributed by atoms with Gasteiger partial charge in [-0.2, -0.15) is 13.2 Å². The number of halogens is 3. The van der Waals surface area contributed by atoms with Gasteiger partial charge in [0.25, 0.3) is 0 Å². The summed E-state index contributed by atoms with van der Waals surface area (Å²) in [6.45, 7) is 2.31. The van der Waals surface area contributed by atoms with Crippen molar-refractivity contribution in [2.75, 3.05) is 6.54 Å². The van der Waals surface area contributed by atoms with Crippen LogP contribution >= 0.6 is 0 Å². The Hall–Kier alpha value is -1.80. The van der Waals surface area contributed by atoms with Crippen LogP contribution in [0.5, 0.6) is 0 Å². The Morgan fingerprint density at radius 2 is 1.17 bits per heavy atom. The van der Waals surface area contributed by atoms with Crippen LogP contribution < -0.4 is 5.32 Å². The number of aliphatic carboxylic acids is 1. The summed E-state index contributed by atoms with van der Waals surface area (Å²) in [6.07, 6.45) is 12.0. The van der Waals surface area contributed by atoms with Crippen LogP contribution in [0.25, 0.3) is 0 Å². The highest BCUT2D eigenvalue weighted by Crippen LogP contribution is 2.22. The number of nitrogens with one attached hydrogen (secondary N) is 1. The lowest BCUT2D eigenvalue weighted by molar-refractivity contribution is -0.205. The molecule has 0 bridgehead atoms. The summed E-state index contributed by atoms with van der Waals surface area (Å²) in [5.41, 5.74) is 0. The molecule has 0 aliphatic carbocycles. The summed E-state index contributed by atoms with van der Waals surface area (Å²) < 4.78 is 42.5. The molecule has 2 N–H and O–H groups in total. The van der Waals surface area contributed by atoms with Crippen molar-refractivity contribution < 1.29 is 37.4 Å². The molecule has 0 radical (unpaired) electrons. The fraction of sp³-hybridized carbons (Fsp3) is 0.889. The number of carboxylic acid groups (broad SMARTS) is 1. The van der Waals surface area contributed by atoms with Crippen molar-refractivity contribution in [1.82, 2.24) is 5.32 Å². The highest BCUT2D eigenvalue weighted by molar-refractivity contribution is 5.76. The minimum absolute atomic E-state index is 0.0585. The van der Waals surface area contributed by atoms with Gasteiger partial charge in [0.05, 0.1) is 6.42 Å². The summed E-state index contributed by atoms with van der Waals surface area (Å²) in [5, 5.41) is 11.1. The molecule has 0 aliphatic rings. The summed E-state index contributed by atoms with van der Waals surface area (Å²) in [6, 6.07) is 0. The number of ether oxygens (including phenoxy) is 1. The zero-order valence-corrected chi connectivity index (χ0v) is 22.1. The number of carbonyl (C=O) groups is 3. The van der Waals surface area contributed by atoms with Crippen molar-refractivity contribution >= 4 is 17.8 Å². The van der Waals surface area contributed by atoms with Crippen LogP contribution in [0, 0.1) is 0 Å². The largest absolute Gasteiger partial charge is 0.490 e. The molecule has 0 aromatic carbocycles. The lowest BCUT2D eigenvalue weighted by Gasteiger charge is -2.19. The number of rotatable bonds is 24. The molecule has 9 heteroatoms. The highest BCUT2D eigenvalue weighted by atomic mass is 19.4. The second kappa shape index (κ2) is 22.4. The quantitative estimate of drug-likeness (QED) is 0.101. The molecule has 6 nitrogen and oxygen atoms in total. The lowest BCUT2D eigenvalue weighted by atomic mass is 10.0. The standard InChI is InChI=1S/C27H48F3NO5/c1-2-3-4-5-12-15-18-23(36-26(35)27(28,29)30)19-16-13-10-8-6-7-9-11-14-17-20-24(32)31-22-21-25(33)34/h23H,2-22H2,1H3,(H,31,32)(H,33,34). The minimum Gasteiger partial charge on any atom is -0.481 e. The smallest absolute Gasteiger partial charge is 0.481 e. The summed E-state index contributed by atoms with van der Waals surface area (Å²) >= 11 is 0. The van der Waals surface area contributed by atoms with E-state index in [0.29, 0.717) is 19.3 Å². The first kappa shape index (κ1) is 34.2. The Morgan fingerprint density at radius 1 is 0.722 bits per heavy atom. The summed E-state index contributed by atoms with van der Waals surface area (Å²) in [5.74, 6) is -3.09. The van der Waals surface area contributed by atoms with Gasteiger partial charge in [0, 0.05) is 13.0 Å². The van der Waals surface area contributed by atoms with Gasteiger partial charge in [0.15, 0.2) is 0 Å². The summed E-state index contributed by atoms with van der Waals surface area (Å²) in [4.78, 5) is 33.2. The second-order valence-electron chi connectivity index (χ2n) is 9.65. The topological polar surface area (TPSA) is 92.7 Å². The monoisotopic (exact) mass is 523 g/mol. The van der Waals surface area contributed by atoms with Crippen molar-refractivity contribution in [3.63, 3.8) is 0 Å². The third-order valence-corrected chi connectivity index (χ3v) is 6.23. The first-order valence-electron chi connectivity index (χ1n) is 13.9. The molecule has 0 saturated carbocycles. The van der Waals surface area contributed by atoms with E-state index in [-0.39, 0.29) is 18.9 Å². The van der Waals surface area contributed by atoms with Gasteiger partial charge in [0.1, 0.15) is 6.10 Å². The maximum atomic E-state index is 12.6. The Labute approximate surface area is 215 Å². The number of hydrogen-bond acceptors (Lipinski definition) is 4. The molecule has 1 amide bonds. The number of amides is 1. The predicted octanol–water partition coefficient (Wildman–Crippen LogP) is 7.48. The Kier molecular flexibility index (Phi) is 21.3. The van der Waals surface area contributed by atoms with Gasteiger partial charge < -0.3 is 15.2 Å². The molecule has 0 fully saturated rings. The lowest BCUT2D eigenvalue weighted by Crippen LogP contribution is -2.30. The Bertz CT molecular complexity index is 584. The van der Waals surface area contributed by atoms with E-state index in [1.165, 1.54) is 6.42 Å². The van der Waals surface area contributed by atoms with Crippen LogP contribution in [0.1, 0.15) is 135 Å². The highest BCUT2D eigenvalue weighted by Gasteiger charge is 2.42. The first-order valence-corrected chi connectivity index (χ1v) is 13.9. The molecule has 1 atom stereocenters. The van der Waals surface area contributed by atoms with Crippen molar-refractivity contribution in [3.8, 4) is 0 Å². The normalized spacial score (nSPS) is 12.3. The average Bonchev–Trinajstić information content (AvgIpc) is 2.80. The predicted molar refractivity (Wildman–Crippen MR) is 135 cm³/mol. The average molecular weight is 524 g/mol. The fourth-order valence-electron chi connectivity index (χ4n) is 4.10. The Morgan fingerprint density at radius 3 is 1.61 bits per heavy atom. The van der Waals surface area contributed by atoms with E-state index in [2.05, 4.69) is 12.2 Å². The zero-order valence-electron chi connectivity index (χ0n) is 22.1. The number of carbonyl (C=O) groups excluding carboxylic acids is 2. The number of carboxylic acids is 1. The van der Waals surface area contributed by atoms with Crippen LogP contribution in [-0.4, -0.2) is 41.8 Å². The van der Waals surface area contributed by atoms with Crippen LogP contribution in [0.2, 0.25) is 0 Å². The second-order valence-corrected chi connectivity index (χ2v) is 9.65. The fourth-order valence-corrected chi connectivity index (χ4v) is 4.10. The molecule has 1 unspecified atom stereocenters. The molecule has 0 aliphatic heterocycles. The SMILES string of the molecule is CCCCCCCCC(CCCCCCCCCCCCC(=O)NCCC(=O)O)OC(=O)C(F)(F)F. The van der Waals surface area contributed by atoms with Crippen LogP contribution in [0.4, 0.5) is 13.2 Å². The van der Waals surface area contributed by atoms with Crippen molar-refractivity contribution in [3.05, 3.63) is 0 Å². The third kappa shape index (κ3) is 22.7. The van der Waals surface area contributed by atoms with E-state index >= 15 is 0 Å². The van der Waals surface area contributed by atoms with E-state index < -0.39 is 24.2 Å². The molecular formula is C27H48F3NO5. The van der Waals surface area contributed by atoms with Gasteiger partial charge in [-0.3, -0.25) is 9.59 Å². The van der Waals surface area contributed by atoms with Crippen LogP contribution in [-0.2, 0) is 19.1 Å². The van der Waals surface area contributed by atoms with Crippen molar-refractivity contribution in [1.29, 1.82) is 0 Å². The number of unbranched alkanes of at least 4 members (excludes halogenated alkanes) is 14. The Balaban J connectivity index is 3.79. The molecule has 36 heavy (non-hydrogen) atoms. The maximum Gasteiger partial charge on any atom is 0.490 e. The zero-order chi connectivity index (χ0) is 27.1. The molecule has 0 rings (SSSR count). The van der Waals surface area contributed by atoms with E-state index in [4.69, 9.17) is 9.84 Å². The molecule has 212 valence electrons. The van der Waals surface area contributed by atoms with Crippen molar-refractivity contribution in [2.45, 2.75) is 148 Å². The number of esters is 1. The van der Waals surface area contributed by atoms with Gasteiger partial charge in [-0.15, -0.1) is 0 Å². The maximum absolute atomic E-state index is 12.6. The van der Waals surface area contributed by atoms with E-state index in [1.54, 1.807) is 0 Å². The van der Waals surface area contributed by atoms with E-state index in [9.17, 15) is 27.6 Å². The third-order valence-electron chi connectivity index (χ3n) is 6.23. The van der Waals surface area contributed by atoms with Gasteiger partial charge in [-0.25, -0.2) is 4.79 Å². The van der Waals surface area contributed by atoms with E-state index in [1.807, 2.05) is 0 Å². The van der Waals surface area contributed by atoms with Gasteiger partial charge in [0.2, 0.25) is 5.91 Å². The van der Waals surface area contributed by atoms with E-state index in [0.717, 1.165) is 96.3 Å². The van der Waals surface area contributed by atoms with Gasteiger partial charge >= 0.3 is 18.1 Å². The molecular weight excluding hydrogens is 475 g/mol. The summed E-state index contributed by atoms with van der Waals surface area (Å²) in [7, 11) is 0. The van der Waals surface area contributed by atoms with Crippen molar-refractivity contribution in [2.24, 2.45) is 0 Å².